The molecular formula is C12H14. The number of rotatable bonds is 1. The van der Waals surface area contributed by atoms with Gasteiger partial charge in [0.2, 0.25) is 0 Å². The van der Waals surface area contributed by atoms with Crippen molar-refractivity contribution in [3.8, 4) is 0 Å². The van der Waals surface area contributed by atoms with Crippen LogP contribution < -0.4 is 10.4 Å². The van der Waals surface area contributed by atoms with E-state index in [1.165, 1.54) is 16.0 Å². The molecule has 0 aliphatic carbocycles. The Hall–Kier alpha value is -1.30. The minimum absolute atomic E-state index is 1.23. The summed E-state index contributed by atoms with van der Waals surface area (Å²) in [7, 11) is 0. The summed E-state index contributed by atoms with van der Waals surface area (Å²) in [5.74, 6) is 0. The number of aryl methyl sites for hydroxylation is 1. The van der Waals surface area contributed by atoms with E-state index in [4.69, 9.17) is 0 Å². The number of hydrogen-bond donors (Lipinski definition) is 0. The fraction of sp³-hybridized carbons (Fsp3) is 0.167. The van der Waals surface area contributed by atoms with E-state index < -0.39 is 0 Å². The average Bonchev–Trinajstić information content (AvgIpc) is 2.08. The lowest BCUT2D eigenvalue weighted by molar-refractivity contribution is 1.40. The average molecular weight is 158 g/mol. The van der Waals surface area contributed by atoms with Crippen molar-refractivity contribution in [1.82, 2.24) is 0 Å². The van der Waals surface area contributed by atoms with Crippen LogP contribution in [-0.2, 0) is 0 Å². The van der Waals surface area contributed by atoms with Crippen LogP contribution >= 0.6 is 0 Å². The summed E-state index contributed by atoms with van der Waals surface area (Å²) in [5.41, 5.74) is 1.30. The highest BCUT2D eigenvalue weighted by Gasteiger charge is 1.84. The van der Waals surface area contributed by atoms with Gasteiger partial charge in [-0.1, -0.05) is 48.6 Å². The molecule has 0 nitrogen and oxygen atoms in total. The van der Waals surface area contributed by atoms with E-state index in [0.29, 0.717) is 0 Å². The van der Waals surface area contributed by atoms with Crippen LogP contribution in [0.4, 0.5) is 0 Å². The van der Waals surface area contributed by atoms with Crippen LogP contribution in [0.15, 0.2) is 30.9 Å². The molecule has 0 aliphatic rings. The molecule has 0 saturated heterocycles. The maximum Gasteiger partial charge on any atom is -0.0187 e. The van der Waals surface area contributed by atoms with E-state index in [-0.39, 0.29) is 0 Å². The van der Waals surface area contributed by atoms with Crippen LogP contribution in [0, 0.1) is 6.92 Å². The lowest BCUT2D eigenvalue weighted by Gasteiger charge is -1.92. The zero-order valence-corrected chi connectivity index (χ0v) is 7.67. The van der Waals surface area contributed by atoms with Crippen molar-refractivity contribution in [3.63, 3.8) is 0 Å². The second-order valence-corrected chi connectivity index (χ2v) is 2.82. The number of allylic oxidation sites excluding steroid dienone is 1. The van der Waals surface area contributed by atoms with Crippen LogP contribution in [0.2, 0.25) is 0 Å². The smallest absolute Gasteiger partial charge is 0.0187 e. The van der Waals surface area contributed by atoms with Gasteiger partial charge in [0.05, 0.1) is 0 Å². The van der Waals surface area contributed by atoms with E-state index in [1.807, 2.05) is 12.2 Å². The van der Waals surface area contributed by atoms with E-state index >= 15 is 0 Å². The summed E-state index contributed by atoms with van der Waals surface area (Å²) < 4.78 is 0. The minimum atomic E-state index is 1.23. The van der Waals surface area contributed by atoms with Gasteiger partial charge in [-0.05, 0) is 24.3 Å². The van der Waals surface area contributed by atoms with Crippen molar-refractivity contribution in [3.05, 3.63) is 46.9 Å². The number of benzene rings is 1. The van der Waals surface area contributed by atoms with Crippen molar-refractivity contribution in [2.24, 2.45) is 0 Å². The Labute approximate surface area is 73.6 Å². The zero-order chi connectivity index (χ0) is 8.97. The molecule has 0 spiro atoms. The number of hydrogen-bond acceptors (Lipinski definition) is 0. The first-order valence-corrected chi connectivity index (χ1v) is 4.13. The van der Waals surface area contributed by atoms with Gasteiger partial charge in [0.15, 0.2) is 0 Å². The van der Waals surface area contributed by atoms with Crippen molar-refractivity contribution >= 4 is 12.2 Å². The molecule has 62 valence electrons. The Kier molecular flexibility index (Phi) is 2.87. The molecule has 0 aromatic heterocycles. The fourth-order valence-corrected chi connectivity index (χ4v) is 1.22. The quantitative estimate of drug-likeness (QED) is 0.584. The van der Waals surface area contributed by atoms with Gasteiger partial charge in [-0.25, -0.2) is 0 Å². The molecule has 0 fully saturated rings. The standard InChI is InChI=1S/C12H14/c1-4-6-12-8-7-10(3)9-11(12)5-2/h4-9H,1H2,2-3H3/b11-5-,12-6-. The van der Waals surface area contributed by atoms with Crippen molar-refractivity contribution in [2.75, 3.05) is 0 Å². The third-order valence-corrected chi connectivity index (χ3v) is 1.85. The van der Waals surface area contributed by atoms with E-state index in [9.17, 15) is 0 Å². The van der Waals surface area contributed by atoms with Crippen molar-refractivity contribution in [2.45, 2.75) is 13.8 Å². The summed E-state index contributed by atoms with van der Waals surface area (Å²) in [6, 6.07) is 6.41. The first-order chi connectivity index (χ1) is 5.77. The minimum Gasteiger partial charge on any atom is -0.0990 e. The molecule has 0 unspecified atom stereocenters. The Morgan fingerprint density at radius 3 is 2.58 bits per heavy atom. The van der Waals surface area contributed by atoms with Crippen molar-refractivity contribution < 1.29 is 0 Å². The topological polar surface area (TPSA) is 0 Å². The lowest BCUT2D eigenvalue weighted by atomic mass is 10.1. The Balaban J connectivity index is 3.52. The molecule has 0 atom stereocenters. The third kappa shape index (κ3) is 1.85. The summed E-state index contributed by atoms with van der Waals surface area (Å²) in [6.45, 7) is 7.84. The Morgan fingerprint density at radius 1 is 1.25 bits per heavy atom. The summed E-state index contributed by atoms with van der Waals surface area (Å²) in [4.78, 5) is 0. The summed E-state index contributed by atoms with van der Waals surface area (Å²) in [6.07, 6.45) is 5.95. The molecule has 0 saturated carbocycles. The van der Waals surface area contributed by atoms with Crippen LogP contribution in [0.3, 0.4) is 0 Å². The maximum atomic E-state index is 3.68. The normalized spacial score (nSPS) is 13.5. The summed E-state index contributed by atoms with van der Waals surface area (Å²) in [5, 5.41) is 2.51. The molecule has 1 rings (SSSR count). The molecular weight excluding hydrogens is 144 g/mol. The van der Waals surface area contributed by atoms with E-state index in [0.717, 1.165) is 0 Å². The molecule has 0 radical (unpaired) electrons. The Bertz CT molecular complexity index is 383. The van der Waals surface area contributed by atoms with Gasteiger partial charge in [-0.15, -0.1) is 0 Å². The zero-order valence-electron chi connectivity index (χ0n) is 7.67. The highest BCUT2D eigenvalue weighted by atomic mass is 13.9. The third-order valence-electron chi connectivity index (χ3n) is 1.85. The highest BCUT2D eigenvalue weighted by molar-refractivity contribution is 5.39. The van der Waals surface area contributed by atoms with E-state index in [2.05, 4.69) is 44.7 Å². The second kappa shape index (κ2) is 3.91. The van der Waals surface area contributed by atoms with Gasteiger partial charge in [0.1, 0.15) is 0 Å². The van der Waals surface area contributed by atoms with Crippen molar-refractivity contribution in [1.29, 1.82) is 0 Å². The van der Waals surface area contributed by atoms with Gasteiger partial charge < -0.3 is 0 Å². The molecule has 0 amide bonds. The second-order valence-electron chi connectivity index (χ2n) is 2.82. The van der Waals surface area contributed by atoms with Gasteiger partial charge in [-0.3, -0.25) is 0 Å². The first-order valence-electron chi connectivity index (χ1n) is 4.13. The van der Waals surface area contributed by atoms with Crippen LogP contribution in [0.5, 0.6) is 0 Å². The fourth-order valence-electron chi connectivity index (χ4n) is 1.22. The van der Waals surface area contributed by atoms with Crippen LogP contribution in [-0.4, -0.2) is 0 Å². The molecule has 0 heteroatoms. The monoisotopic (exact) mass is 158 g/mol. The molecule has 0 heterocycles. The lowest BCUT2D eigenvalue weighted by Crippen LogP contribution is -2.23. The molecule has 1 aromatic carbocycles. The molecule has 1 aromatic rings. The summed E-state index contributed by atoms with van der Waals surface area (Å²) >= 11 is 0. The molecule has 0 N–H and O–H groups in total. The van der Waals surface area contributed by atoms with Gasteiger partial charge in [0, 0.05) is 0 Å². The largest absolute Gasteiger partial charge is 0.0990 e. The maximum absolute atomic E-state index is 3.68. The highest BCUT2D eigenvalue weighted by Crippen LogP contribution is 1.86. The molecule has 0 aliphatic heterocycles. The Morgan fingerprint density at radius 2 is 2.00 bits per heavy atom. The van der Waals surface area contributed by atoms with E-state index in [1.54, 1.807) is 0 Å². The molecule has 12 heavy (non-hydrogen) atoms. The molecule has 0 bridgehead atoms. The predicted molar refractivity (Wildman–Crippen MR) is 55.2 cm³/mol. The van der Waals surface area contributed by atoms with Gasteiger partial charge >= 0.3 is 0 Å². The van der Waals surface area contributed by atoms with Gasteiger partial charge in [0.25, 0.3) is 0 Å². The first kappa shape index (κ1) is 8.79. The predicted octanol–water partition coefficient (Wildman–Crippen LogP) is 1.76. The van der Waals surface area contributed by atoms with Crippen LogP contribution in [0.1, 0.15) is 12.5 Å². The van der Waals surface area contributed by atoms with Crippen LogP contribution in [0.25, 0.3) is 12.2 Å². The van der Waals surface area contributed by atoms with Gasteiger partial charge in [-0.2, -0.15) is 0 Å². The SMILES string of the molecule is C=C/C=c1/ccc(C)c/c1=C/C.